The molecule has 1 amide bonds. The summed E-state index contributed by atoms with van der Waals surface area (Å²) in [6.45, 7) is 5.24. The number of nitrogens with zero attached hydrogens (tertiary/aromatic N) is 2. The third-order valence-corrected chi connectivity index (χ3v) is 3.75. The molecule has 2 aromatic carbocycles. The van der Waals surface area contributed by atoms with E-state index < -0.39 is 0 Å². The second kappa shape index (κ2) is 8.15. The van der Waals surface area contributed by atoms with E-state index in [1.54, 1.807) is 47.5 Å². The maximum Gasteiger partial charge on any atom is 0.253 e. The van der Waals surface area contributed by atoms with Crippen LogP contribution >= 0.6 is 0 Å². The molecule has 2 rings (SSSR count). The molecule has 0 aromatic heterocycles. The van der Waals surface area contributed by atoms with Crippen LogP contribution in [-0.2, 0) is 0 Å². The highest BCUT2D eigenvalue weighted by Gasteiger charge is 2.12. The highest BCUT2D eigenvalue weighted by atomic mass is 16.5. The van der Waals surface area contributed by atoms with Crippen LogP contribution in [0.4, 0.5) is 5.69 Å². The van der Waals surface area contributed by atoms with Crippen molar-refractivity contribution in [3.05, 3.63) is 53.6 Å². The first-order chi connectivity index (χ1) is 11.6. The fraction of sp³-hybridized carbons (Fsp3) is 0.263. The minimum Gasteiger partial charge on any atom is -0.504 e. The summed E-state index contributed by atoms with van der Waals surface area (Å²) in [7, 11) is 1.50. The Hall–Kier alpha value is -2.82. The first-order valence-corrected chi connectivity index (χ1v) is 7.90. The fourth-order valence-corrected chi connectivity index (χ4v) is 2.36. The van der Waals surface area contributed by atoms with E-state index in [9.17, 15) is 9.90 Å². The van der Waals surface area contributed by atoms with Gasteiger partial charge in [-0.1, -0.05) is 12.1 Å². The molecular weight excluding hydrogens is 304 g/mol. The van der Waals surface area contributed by atoms with Gasteiger partial charge < -0.3 is 14.7 Å². The molecule has 0 spiro atoms. The third-order valence-electron chi connectivity index (χ3n) is 3.75. The molecule has 0 heterocycles. The molecule has 0 fully saturated rings. The van der Waals surface area contributed by atoms with E-state index in [-0.39, 0.29) is 11.7 Å². The van der Waals surface area contributed by atoms with Gasteiger partial charge in [0.1, 0.15) is 0 Å². The lowest BCUT2D eigenvalue weighted by Gasteiger charge is -2.18. The van der Waals surface area contributed by atoms with Gasteiger partial charge in [-0.05, 0) is 44.2 Å². The summed E-state index contributed by atoms with van der Waals surface area (Å²) in [6.07, 6.45) is 1.55. The van der Waals surface area contributed by atoms with Crippen molar-refractivity contribution in [1.82, 2.24) is 4.90 Å². The van der Waals surface area contributed by atoms with Gasteiger partial charge in [0.2, 0.25) is 0 Å². The molecule has 0 radical (unpaired) electrons. The van der Waals surface area contributed by atoms with Gasteiger partial charge in [0.05, 0.1) is 12.8 Å². The highest BCUT2D eigenvalue weighted by molar-refractivity contribution is 5.95. The summed E-state index contributed by atoms with van der Waals surface area (Å²) in [4.78, 5) is 18.5. The van der Waals surface area contributed by atoms with Crippen LogP contribution in [0.1, 0.15) is 29.8 Å². The van der Waals surface area contributed by atoms with Crippen molar-refractivity contribution < 1.29 is 14.6 Å². The van der Waals surface area contributed by atoms with Gasteiger partial charge in [-0.2, -0.15) is 0 Å². The third kappa shape index (κ3) is 3.93. The van der Waals surface area contributed by atoms with Gasteiger partial charge in [0, 0.05) is 30.4 Å². The lowest BCUT2D eigenvalue weighted by Crippen LogP contribution is -2.30. The number of aliphatic imine (C=N–C) groups is 1. The van der Waals surface area contributed by atoms with Crippen LogP contribution in [0, 0.1) is 0 Å². The number of aromatic hydroxyl groups is 1. The number of ether oxygens (including phenoxy) is 1. The summed E-state index contributed by atoms with van der Waals surface area (Å²) in [5, 5.41) is 10.1. The number of carbonyl (C=O) groups excluding carboxylic acids is 1. The predicted molar refractivity (Wildman–Crippen MR) is 95.6 cm³/mol. The number of phenols is 1. The van der Waals surface area contributed by atoms with Crippen LogP contribution < -0.4 is 4.74 Å². The summed E-state index contributed by atoms with van der Waals surface area (Å²) < 4.78 is 5.08. The Morgan fingerprint density at radius 2 is 1.92 bits per heavy atom. The van der Waals surface area contributed by atoms with E-state index in [1.165, 1.54) is 7.11 Å². The largest absolute Gasteiger partial charge is 0.504 e. The van der Waals surface area contributed by atoms with Gasteiger partial charge in [0.25, 0.3) is 5.91 Å². The fourth-order valence-electron chi connectivity index (χ4n) is 2.36. The SMILES string of the molecule is CCN(CC)C(=O)c1cccc(N=Cc2cccc(OC)c2O)c1. The summed E-state index contributed by atoms with van der Waals surface area (Å²) in [5.74, 6) is 0.421. The summed E-state index contributed by atoms with van der Waals surface area (Å²) in [5.41, 5.74) is 1.80. The van der Waals surface area contributed by atoms with Crippen LogP contribution in [0.5, 0.6) is 11.5 Å². The van der Waals surface area contributed by atoms with Crippen LogP contribution in [0.2, 0.25) is 0 Å². The lowest BCUT2D eigenvalue weighted by molar-refractivity contribution is 0.0773. The molecule has 1 N–H and O–H groups in total. The van der Waals surface area contributed by atoms with Gasteiger partial charge in [0.15, 0.2) is 11.5 Å². The van der Waals surface area contributed by atoms with Crippen molar-refractivity contribution in [2.24, 2.45) is 4.99 Å². The van der Waals surface area contributed by atoms with E-state index in [1.807, 2.05) is 19.9 Å². The van der Waals surface area contributed by atoms with E-state index in [4.69, 9.17) is 4.74 Å². The number of benzene rings is 2. The number of rotatable bonds is 6. The zero-order valence-corrected chi connectivity index (χ0v) is 14.2. The topological polar surface area (TPSA) is 62.1 Å². The molecule has 0 bridgehead atoms. The number of para-hydroxylation sites is 1. The van der Waals surface area contributed by atoms with Gasteiger partial charge in [-0.3, -0.25) is 9.79 Å². The molecule has 0 aliphatic carbocycles. The number of methoxy groups -OCH3 is 1. The standard InChI is InChI=1S/C19H22N2O3/c1-4-21(5-2)19(23)14-8-6-10-16(12-14)20-13-15-9-7-11-17(24-3)18(15)22/h6-13,22H,4-5H2,1-3H3. The Labute approximate surface area is 142 Å². The normalized spacial score (nSPS) is 10.8. The number of hydrogen-bond acceptors (Lipinski definition) is 4. The van der Waals surface area contributed by atoms with E-state index >= 15 is 0 Å². The van der Waals surface area contributed by atoms with Crippen LogP contribution in [-0.4, -0.2) is 42.3 Å². The average Bonchev–Trinajstić information content (AvgIpc) is 2.62. The minimum atomic E-state index is -0.0127. The Morgan fingerprint density at radius 3 is 2.58 bits per heavy atom. The quantitative estimate of drug-likeness (QED) is 0.825. The molecular formula is C19H22N2O3. The molecule has 2 aromatic rings. The van der Waals surface area contributed by atoms with Gasteiger partial charge in [-0.15, -0.1) is 0 Å². The number of phenolic OH excluding ortho intramolecular Hbond substituents is 1. The van der Waals surface area contributed by atoms with Gasteiger partial charge >= 0.3 is 0 Å². The average molecular weight is 326 g/mol. The van der Waals surface area contributed by atoms with Crippen LogP contribution in [0.3, 0.4) is 0 Å². The molecule has 0 atom stereocenters. The molecule has 0 aliphatic rings. The van der Waals surface area contributed by atoms with Crippen molar-refractivity contribution in [3.8, 4) is 11.5 Å². The first kappa shape index (κ1) is 17.5. The van der Waals surface area contributed by atoms with E-state index in [2.05, 4.69) is 4.99 Å². The van der Waals surface area contributed by atoms with Crippen LogP contribution in [0.15, 0.2) is 47.5 Å². The lowest BCUT2D eigenvalue weighted by atomic mass is 10.1. The maximum absolute atomic E-state index is 12.4. The monoisotopic (exact) mass is 326 g/mol. The minimum absolute atomic E-state index is 0.0127. The molecule has 0 aliphatic heterocycles. The van der Waals surface area contributed by atoms with E-state index in [0.29, 0.717) is 35.7 Å². The predicted octanol–water partition coefficient (Wildman–Crippen LogP) is 3.63. The Balaban J connectivity index is 2.25. The van der Waals surface area contributed by atoms with Crippen molar-refractivity contribution in [3.63, 3.8) is 0 Å². The summed E-state index contributed by atoms with van der Waals surface area (Å²) >= 11 is 0. The molecule has 5 nitrogen and oxygen atoms in total. The highest BCUT2D eigenvalue weighted by Crippen LogP contribution is 2.28. The van der Waals surface area contributed by atoms with Crippen molar-refractivity contribution in [1.29, 1.82) is 0 Å². The Bertz CT molecular complexity index is 737. The van der Waals surface area contributed by atoms with Crippen molar-refractivity contribution in [2.75, 3.05) is 20.2 Å². The molecule has 0 saturated heterocycles. The molecule has 0 unspecified atom stereocenters. The number of amides is 1. The zero-order chi connectivity index (χ0) is 17.5. The van der Waals surface area contributed by atoms with E-state index in [0.717, 1.165) is 0 Å². The van der Waals surface area contributed by atoms with Crippen molar-refractivity contribution in [2.45, 2.75) is 13.8 Å². The van der Waals surface area contributed by atoms with Crippen LogP contribution in [0.25, 0.3) is 0 Å². The molecule has 0 saturated carbocycles. The molecule has 126 valence electrons. The number of carbonyl (C=O) groups is 1. The second-order valence-corrected chi connectivity index (χ2v) is 5.18. The Kier molecular flexibility index (Phi) is 5.95. The summed E-state index contributed by atoms with van der Waals surface area (Å²) in [6, 6.07) is 12.3. The number of hydrogen-bond donors (Lipinski definition) is 1. The Morgan fingerprint density at radius 1 is 1.21 bits per heavy atom. The molecule has 24 heavy (non-hydrogen) atoms. The second-order valence-electron chi connectivity index (χ2n) is 5.18. The first-order valence-electron chi connectivity index (χ1n) is 7.90. The smallest absolute Gasteiger partial charge is 0.253 e. The maximum atomic E-state index is 12.4. The molecule has 5 heteroatoms. The zero-order valence-electron chi connectivity index (χ0n) is 14.2. The van der Waals surface area contributed by atoms with Gasteiger partial charge in [-0.25, -0.2) is 0 Å². The van der Waals surface area contributed by atoms with Crippen molar-refractivity contribution >= 4 is 17.8 Å².